The van der Waals surface area contributed by atoms with Crippen molar-refractivity contribution in [2.75, 3.05) is 30.6 Å². The summed E-state index contributed by atoms with van der Waals surface area (Å²) < 4.78 is 9.01. The number of rotatable bonds is 7. The number of nitrogens with one attached hydrogen (secondary N) is 1. The zero-order valence-corrected chi connectivity index (χ0v) is 19.6. The molecule has 2 unspecified atom stereocenters. The van der Waals surface area contributed by atoms with Crippen molar-refractivity contribution in [1.82, 2.24) is 0 Å². The Morgan fingerprint density at radius 1 is 0.969 bits per heavy atom. The van der Waals surface area contributed by atoms with Gasteiger partial charge >= 0.3 is 0 Å². The van der Waals surface area contributed by atoms with E-state index in [1.807, 2.05) is 24.3 Å². The first-order chi connectivity index (χ1) is 15.6. The molecule has 2 atom stereocenters. The molecule has 3 aromatic rings. The average molecular weight is 455 g/mol. The van der Waals surface area contributed by atoms with E-state index in [1.54, 1.807) is 13.4 Å². The molecule has 1 aliphatic heterocycles. The molecule has 3 aromatic carbocycles. The van der Waals surface area contributed by atoms with Gasteiger partial charge in [-0.3, -0.25) is 0 Å². The Labute approximate surface area is 194 Å². The first-order valence-corrected chi connectivity index (χ1v) is 11.5. The largest absolute Gasteiger partial charge is 0.497 e. The van der Waals surface area contributed by atoms with E-state index in [2.05, 4.69) is 82.1 Å². The van der Waals surface area contributed by atoms with Crippen LogP contribution < -0.4 is 15.0 Å². The Hall–Kier alpha value is -2.71. The molecule has 1 heterocycles. The van der Waals surface area contributed by atoms with Gasteiger partial charge in [0.25, 0.3) is 0 Å². The van der Waals surface area contributed by atoms with E-state index in [0.717, 1.165) is 35.6 Å². The van der Waals surface area contributed by atoms with Crippen LogP contribution in [0.15, 0.2) is 72.8 Å². The van der Waals surface area contributed by atoms with Crippen molar-refractivity contribution >= 4 is 29.1 Å². The molecule has 0 bridgehead atoms. The quantitative estimate of drug-likeness (QED) is 0.247. The van der Waals surface area contributed by atoms with Crippen LogP contribution in [-0.4, -0.2) is 31.7 Å². The Bertz CT molecular complexity index is 964. The van der Waals surface area contributed by atoms with Crippen LogP contribution in [0, 0.1) is 0 Å². The molecule has 1 aliphatic rings. The predicted molar refractivity (Wildman–Crippen MR) is 132 cm³/mol. The number of fused-ring (bicyclic) bond motifs is 1. The number of hydrogen-bond donors (Lipinski definition) is 2. The minimum absolute atomic E-state index is 0.513. The third-order valence-corrected chi connectivity index (χ3v) is 5.99. The molecule has 32 heavy (non-hydrogen) atoms. The van der Waals surface area contributed by atoms with Crippen LogP contribution in [0.1, 0.15) is 24.0 Å². The zero-order valence-electron chi connectivity index (χ0n) is 18.8. The molecule has 0 saturated carbocycles. The van der Waals surface area contributed by atoms with Crippen molar-refractivity contribution in [1.29, 1.82) is 0 Å². The number of methoxy groups -OCH3 is 1. The predicted octanol–water partition coefficient (Wildman–Crippen LogP) is 6.29. The molecule has 7 heteroatoms. The number of para-hydroxylation sites is 1. The maximum Gasteiger partial charge on any atom is 0.119 e. The van der Waals surface area contributed by atoms with Gasteiger partial charge in [0.05, 0.1) is 7.11 Å². The molecule has 0 aliphatic carbocycles. The Balaban J connectivity index is 0.000000523. The lowest BCUT2D eigenvalue weighted by atomic mass is 9.89. The molecule has 0 radical (unpaired) electrons. The molecule has 0 saturated heterocycles. The van der Waals surface area contributed by atoms with Gasteiger partial charge in [0, 0.05) is 54.4 Å². The van der Waals surface area contributed by atoms with E-state index in [9.17, 15) is 0 Å². The van der Waals surface area contributed by atoms with E-state index in [-0.39, 0.29) is 0 Å². The Morgan fingerprint density at radius 3 is 2.16 bits per heavy atom. The third kappa shape index (κ3) is 5.95. The van der Waals surface area contributed by atoms with Crippen LogP contribution in [0.25, 0.3) is 0 Å². The SMILES string of the molecule is COc1ccc(Nc2ccc(CC3c4ccccc4N(C)C3C)cc2)cc1.CSOOO. The van der Waals surface area contributed by atoms with Crippen molar-refractivity contribution in [3.8, 4) is 5.75 Å². The second-order valence-electron chi connectivity index (χ2n) is 7.58. The summed E-state index contributed by atoms with van der Waals surface area (Å²) in [4.78, 5) is 2.40. The van der Waals surface area contributed by atoms with Crippen LogP contribution in [0.4, 0.5) is 17.1 Å². The van der Waals surface area contributed by atoms with Crippen LogP contribution in [-0.2, 0) is 15.8 Å². The highest BCUT2D eigenvalue weighted by Gasteiger charge is 2.32. The average Bonchev–Trinajstić information content (AvgIpc) is 3.07. The minimum atomic E-state index is 0.513. The third-order valence-electron chi connectivity index (χ3n) is 5.80. The molecular weight excluding hydrogens is 424 g/mol. The summed E-state index contributed by atoms with van der Waals surface area (Å²) in [5.74, 6) is 1.40. The molecule has 0 fully saturated rings. The fourth-order valence-electron chi connectivity index (χ4n) is 4.00. The first kappa shape index (κ1) is 23.9. The molecule has 0 aromatic heterocycles. The van der Waals surface area contributed by atoms with Gasteiger partial charge in [0.15, 0.2) is 0 Å². The molecule has 0 spiro atoms. The molecule has 0 amide bonds. The summed E-state index contributed by atoms with van der Waals surface area (Å²) in [6.45, 7) is 2.32. The lowest BCUT2D eigenvalue weighted by molar-refractivity contribution is -0.432. The van der Waals surface area contributed by atoms with E-state index < -0.39 is 0 Å². The van der Waals surface area contributed by atoms with Gasteiger partial charge in [-0.05, 0) is 66.9 Å². The summed E-state index contributed by atoms with van der Waals surface area (Å²) in [7, 11) is 3.88. The molecular formula is C25H30N2O4S. The van der Waals surface area contributed by atoms with Crippen molar-refractivity contribution in [3.05, 3.63) is 83.9 Å². The van der Waals surface area contributed by atoms with Crippen LogP contribution in [0.5, 0.6) is 5.75 Å². The summed E-state index contributed by atoms with van der Waals surface area (Å²) >= 11 is 0.929. The van der Waals surface area contributed by atoms with Crippen molar-refractivity contribution in [2.24, 2.45) is 0 Å². The number of hydrogen-bond acceptors (Lipinski definition) is 7. The maximum atomic E-state index is 7.32. The number of benzene rings is 3. The summed E-state index contributed by atoms with van der Waals surface area (Å²) in [5, 5.41) is 13.9. The fraction of sp³-hybridized carbons (Fsp3) is 0.280. The van der Waals surface area contributed by atoms with Gasteiger partial charge in [-0.1, -0.05) is 35.4 Å². The van der Waals surface area contributed by atoms with E-state index >= 15 is 0 Å². The van der Waals surface area contributed by atoms with Gasteiger partial charge in [-0.2, -0.15) is 0 Å². The zero-order chi connectivity index (χ0) is 22.9. The Kier molecular flexibility index (Phi) is 8.81. The first-order valence-electron chi connectivity index (χ1n) is 10.4. The van der Waals surface area contributed by atoms with E-state index in [1.165, 1.54) is 16.8 Å². The van der Waals surface area contributed by atoms with Gasteiger partial charge < -0.3 is 15.0 Å². The van der Waals surface area contributed by atoms with E-state index in [0.29, 0.717) is 12.0 Å². The molecule has 6 nitrogen and oxygen atoms in total. The number of nitrogens with zero attached hydrogens (tertiary/aromatic N) is 1. The van der Waals surface area contributed by atoms with Gasteiger partial charge in [0.2, 0.25) is 0 Å². The fourth-order valence-corrected chi connectivity index (χ4v) is 4.06. The van der Waals surface area contributed by atoms with Crippen molar-refractivity contribution in [2.45, 2.75) is 25.3 Å². The second-order valence-corrected chi connectivity index (χ2v) is 8.05. The van der Waals surface area contributed by atoms with Crippen LogP contribution >= 0.6 is 12.0 Å². The number of anilines is 3. The lowest BCUT2D eigenvalue weighted by Gasteiger charge is -2.23. The van der Waals surface area contributed by atoms with Crippen LogP contribution in [0.2, 0.25) is 0 Å². The van der Waals surface area contributed by atoms with Gasteiger partial charge in [-0.15, -0.1) is 4.33 Å². The number of ether oxygens (including phenoxy) is 1. The van der Waals surface area contributed by atoms with Crippen LogP contribution in [0.3, 0.4) is 0 Å². The summed E-state index contributed by atoms with van der Waals surface area (Å²) in [5.41, 5.74) is 6.36. The summed E-state index contributed by atoms with van der Waals surface area (Å²) in [6, 6.07) is 26.1. The van der Waals surface area contributed by atoms with Gasteiger partial charge in [-0.25, -0.2) is 5.26 Å². The van der Waals surface area contributed by atoms with Gasteiger partial charge in [0.1, 0.15) is 5.75 Å². The highest BCUT2D eigenvalue weighted by atomic mass is 32.2. The number of likely N-dealkylation sites (N-methyl/N-ethyl adjacent to an activating group) is 1. The van der Waals surface area contributed by atoms with E-state index in [4.69, 9.17) is 9.99 Å². The normalized spacial score (nSPS) is 16.7. The summed E-state index contributed by atoms with van der Waals surface area (Å²) in [6.07, 6.45) is 2.68. The minimum Gasteiger partial charge on any atom is -0.497 e. The molecule has 4 rings (SSSR count). The van der Waals surface area contributed by atoms with Crippen molar-refractivity contribution < 1.29 is 19.4 Å². The highest BCUT2D eigenvalue weighted by Crippen LogP contribution is 2.41. The second kappa shape index (κ2) is 11.8. The monoisotopic (exact) mass is 454 g/mol. The standard InChI is InChI=1S/C24H26N2O.CH4O3S/c1-17-23(22-6-4-5-7-24(22)26(17)2)16-18-8-10-19(11-9-18)25-20-12-14-21(27-3)15-13-20;1-5-4-3-2/h4-15,17,23,25H,16H2,1-3H3;2H,1H3. The Morgan fingerprint density at radius 2 is 1.59 bits per heavy atom. The van der Waals surface area contributed by atoms with Crippen molar-refractivity contribution in [3.63, 3.8) is 0 Å². The molecule has 2 N–H and O–H groups in total. The maximum absolute atomic E-state index is 7.32. The smallest absolute Gasteiger partial charge is 0.119 e. The highest BCUT2D eigenvalue weighted by molar-refractivity contribution is 7.93. The molecule has 170 valence electrons. The topological polar surface area (TPSA) is 63.2 Å². The lowest BCUT2D eigenvalue weighted by Crippen LogP contribution is -2.28.